The van der Waals surface area contributed by atoms with Crippen molar-refractivity contribution in [2.75, 3.05) is 4.90 Å². The number of amides is 1. The van der Waals surface area contributed by atoms with Crippen LogP contribution in [0.4, 0.5) is 5.69 Å². The molecule has 0 atom stereocenters. The minimum absolute atomic E-state index is 0.268. The van der Waals surface area contributed by atoms with Gasteiger partial charge in [-0.2, -0.15) is 0 Å². The third kappa shape index (κ3) is 1.98. The third-order valence-electron chi connectivity index (χ3n) is 3.36. The molecule has 0 N–H and O–H groups in total. The maximum absolute atomic E-state index is 12.1. The van der Waals surface area contributed by atoms with E-state index in [1.165, 1.54) is 4.90 Å². The highest BCUT2D eigenvalue weighted by atomic mass is 35.5. The number of nitrogens with zero attached hydrogens (tertiary/aromatic N) is 2. The number of benzene rings is 1. The lowest BCUT2D eigenvalue weighted by Crippen LogP contribution is -2.29. The molecule has 0 bridgehead atoms. The largest absolute Gasteiger partial charge is 0.299 e. The number of rotatable bonds is 2. The number of halogens is 1. The maximum atomic E-state index is 12.1. The van der Waals surface area contributed by atoms with Gasteiger partial charge < -0.3 is 0 Å². The lowest BCUT2D eigenvalue weighted by atomic mass is 10.1. The van der Waals surface area contributed by atoms with Gasteiger partial charge in [0.25, 0.3) is 11.7 Å². The highest BCUT2D eigenvalue weighted by Crippen LogP contribution is 2.32. The summed E-state index contributed by atoms with van der Waals surface area (Å²) in [6.45, 7) is 2.19. The van der Waals surface area contributed by atoms with Crippen molar-refractivity contribution in [1.29, 1.82) is 0 Å². The molecule has 1 aliphatic rings. The summed E-state index contributed by atoms with van der Waals surface area (Å²) < 4.78 is 0. The average molecular weight is 287 g/mol. The van der Waals surface area contributed by atoms with Gasteiger partial charge in [0.15, 0.2) is 0 Å². The van der Waals surface area contributed by atoms with Gasteiger partial charge in [0, 0.05) is 11.2 Å². The molecule has 0 unspecified atom stereocenters. The van der Waals surface area contributed by atoms with E-state index in [0.29, 0.717) is 16.3 Å². The highest BCUT2D eigenvalue weighted by molar-refractivity contribution is 6.52. The SMILES string of the molecule is Cc1cccnc1CN1C(=O)C(=O)c2ccc(Cl)cc21. The molecule has 100 valence electrons. The quantitative estimate of drug-likeness (QED) is 0.798. The monoisotopic (exact) mass is 286 g/mol. The molecule has 20 heavy (non-hydrogen) atoms. The van der Waals surface area contributed by atoms with Crippen LogP contribution in [-0.4, -0.2) is 16.7 Å². The molecule has 0 saturated heterocycles. The van der Waals surface area contributed by atoms with Crippen molar-refractivity contribution in [1.82, 2.24) is 4.98 Å². The van der Waals surface area contributed by atoms with E-state index in [4.69, 9.17) is 11.6 Å². The minimum atomic E-state index is -0.535. The highest BCUT2D eigenvalue weighted by Gasteiger charge is 2.36. The summed E-state index contributed by atoms with van der Waals surface area (Å²) in [7, 11) is 0. The zero-order valence-corrected chi connectivity index (χ0v) is 11.5. The molecule has 1 aromatic carbocycles. The predicted octanol–water partition coefficient (Wildman–Crippen LogP) is 2.77. The van der Waals surface area contributed by atoms with Gasteiger partial charge in [-0.15, -0.1) is 0 Å². The van der Waals surface area contributed by atoms with Crippen LogP contribution >= 0.6 is 11.6 Å². The number of hydrogen-bond acceptors (Lipinski definition) is 3. The van der Waals surface area contributed by atoms with E-state index >= 15 is 0 Å². The summed E-state index contributed by atoms with van der Waals surface area (Å²) in [5.41, 5.74) is 2.69. The molecule has 1 aromatic heterocycles. The number of fused-ring (bicyclic) bond motifs is 1. The van der Waals surface area contributed by atoms with E-state index in [-0.39, 0.29) is 6.54 Å². The van der Waals surface area contributed by atoms with Crippen molar-refractivity contribution < 1.29 is 9.59 Å². The van der Waals surface area contributed by atoms with Gasteiger partial charge in [-0.25, -0.2) is 0 Å². The first-order chi connectivity index (χ1) is 9.58. The van der Waals surface area contributed by atoms with E-state index < -0.39 is 11.7 Å². The number of ketones is 1. The zero-order chi connectivity index (χ0) is 14.3. The Labute approximate surface area is 121 Å². The Morgan fingerprint density at radius 1 is 1.25 bits per heavy atom. The van der Waals surface area contributed by atoms with Gasteiger partial charge in [0.1, 0.15) is 0 Å². The standard InChI is InChI=1S/C15H11ClN2O2/c1-9-3-2-6-17-12(9)8-18-13-7-10(16)4-5-11(13)14(19)15(18)20/h2-7H,8H2,1H3. The Bertz CT molecular complexity index is 728. The van der Waals surface area contributed by atoms with Crippen molar-refractivity contribution >= 4 is 29.0 Å². The van der Waals surface area contributed by atoms with Crippen molar-refractivity contribution in [3.8, 4) is 0 Å². The summed E-state index contributed by atoms with van der Waals surface area (Å²) in [5, 5.41) is 0.494. The fourth-order valence-corrected chi connectivity index (χ4v) is 2.42. The normalized spacial score (nSPS) is 13.8. The van der Waals surface area contributed by atoms with Gasteiger partial charge in [-0.1, -0.05) is 17.7 Å². The molecule has 0 fully saturated rings. The van der Waals surface area contributed by atoms with Crippen LogP contribution < -0.4 is 4.90 Å². The molecule has 0 radical (unpaired) electrons. The number of hydrogen-bond donors (Lipinski definition) is 0. The summed E-state index contributed by atoms with van der Waals surface area (Å²) in [5.74, 6) is -1.03. The van der Waals surface area contributed by atoms with Crippen LogP contribution in [0.1, 0.15) is 21.6 Å². The second-order valence-corrected chi connectivity index (χ2v) is 5.09. The topological polar surface area (TPSA) is 50.3 Å². The minimum Gasteiger partial charge on any atom is -0.299 e. The van der Waals surface area contributed by atoms with Crippen LogP contribution in [0.3, 0.4) is 0 Å². The Hall–Kier alpha value is -2.20. The molecule has 1 amide bonds. The molecule has 2 aromatic rings. The van der Waals surface area contributed by atoms with Crippen molar-refractivity contribution in [2.45, 2.75) is 13.5 Å². The van der Waals surface area contributed by atoms with Crippen LogP contribution in [0, 0.1) is 6.92 Å². The van der Waals surface area contributed by atoms with Crippen LogP contribution in [0.2, 0.25) is 5.02 Å². The molecular formula is C15H11ClN2O2. The number of pyridine rings is 1. The number of carbonyl (C=O) groups excluding carboxylic acids is 2. The summed E-state index contributed by atoms with van der Waals surface area (Å²) in [6, 6.07) is 8.59. The number of Topliss-reactive ketones (excluding diaryl/α,β-unsaturated/α-hetero) is 1. The van der Waals surface area contributed by atoms with E-state index in [1.807, 2.05) is 19.1 Å². The van der Waals surface area contributed by atoms with E-state index in [2.05, 4.69) is 4.98 Å². The summed E-state index contributed by atoms with van der Waals surface area (Å²) in [4.78, 5) is 29.7. The Kier molecular flexibility index (Phi) is 3.03. The lowest BCUT2D eigenvalue weighted by Gasteiger charge is -2.17. The first-order valence-electron chi connectivity index (χ1n) is 6.14. The first-order valence-corrected chi connectivity index (χ1v) is 6.52. The van der Waals surface area contributed by atoms with Gasteiger partial charge in [0.2, 0.25) is 0 Å². The van der Waals surface area contributed by atoms with Gasteiger partial charge in [-0.3, -0.25) is 19.5 Å². The average Bonchev–Trinajstić information content (AvgIpc) is 2.66. The molecule has 5 heteroatoms. The Balaban J connectivity index is 2.03. The number of aromatic nitrogens is 1. The summed E-state index contributed by atoms with van der Waals surface area (Å²) in [6.07, 6.45) is 1.67. The maximum Gasteiger partial charge on any atom is 0.299 e. The third-order valence-corrected chi connectivity index (χ3v) is 3.60. The van der Waals surface area contributed by atoms with Crippen LogP contribution in [0.15, 0.2) is 36.5 Å². The smallest absolute Gasteiger partial charge is 0.299 e. The molecule has 3 rings (SSSR count). The van der Waals surface area contributed by atoms with Gasteiger partial charge in [0.05, 0.1) is 23.5 Å². The van der Waals surface area contributed by atoms with Crippen molar-refractivity contribution in [3.05, 3.63) is 58.4 Å². The van der Waals surface area contributed by atoms with E-state index in [9.17, 15) is 9.59 Å². The molecule has 4 nitrogen and oxygen atoms in total. The number of aryl methyl sites for hydroxylation is 1. The Morgan fingerprint density at radius 2 is 2.05 bits per heavy atom. The van der Waals surface area contributed by atoms with Gasteiger partial charge in [-0.05, 0) is 36.8 Å². The zero-order valence-electron chi connectivity index (χ0n) is 10.8. The number of anilines is 1. The molecular weight excluding hydrogens is 276 g/mol. The molecule has 2 heterocycles. The summed E-state index contributed by atoms with van der Waals surface area (Å²) >= 11 is 5.95. The van der Waals surface area contributed by atoms with Crippen LogP contribution in [0.25, 0.3) is 0 Å². The van der Waals surface area contributed by atoms with Crippen molar-refractivity contribution in [2.24, 2.45) is 0 Å². The first kappa shape index (κ1) is 12.8. The Morgan fingerprint density at radius 3 is 2.80 bits per heavy atom. The van der Waals surface area contributed by atoms with E-state index in [1.54, 1.807) is 24.4 Å². The molecule has 0 spiro atoms. The predicted molar refractivity (Wildman–Crippen MR) is 75.9 cm³/mol. The van der Waals surface area contributed by atoms with Crippen molar-refractivity contribution in [3.63, 3.8) is 0 Å². The molecule has 1 aliphatic heterocycles. The van der Waals surface area contributed by atoms with Crippen LogP contribution in [0.5, 0.6) is 0 Å². The van der Waals surface area contributed by atoms with Gasteiger partial charge >= 0.3 is 0 Å². The van der Waals surface area contributed by atoms with Crippen LogP contribution in [-0.2, 0) is 11.3 Å². The fraction of sp³-hybridized carbons (Fsp3) is 0.133. The second kappa shape index (κ2) is 4.72. The fourth-order valence-electron chi connectivity index (χ4n) is 2.26. The van der Waals surface area contributed by atoms with E-state index in [0.717, 1.165) is 11.3 Å². The molecule has 0 aliphatic carbocycles. The number of carbonyl (C=O) groups is 2. The second-order valence-electron chi connectivity index (χ2n) is 4.65. The lowest BCUT2D eigenvalue weighted by molar-refractivity contribution is -0.114. The molecule has 0 saturated carbocycles.